The second-order valence-corrected chi connectivity index (χ2v) is 5.97. The first-order valence-electron chi connectivity index (χ1n) is 7.32. The molecule has 19 heavy (non-hydrogen) atoms. The summed E-state index contributed by atoms with van der Waals surface area (Å²) >= 11 is 0. The first kappa shape index (κ1) is 12.9. The number of methoxy groups -OCH3 is 1. The SMILES string of the molecule is COc1ccc2c(c1)CC(NCC1CC(O)C1)CC2. The maximum absolute atomic E-state index is 9.30. The molecule has 1 fully saturated rings. The van der Waals surface area contributed by atoms with Crippen molar-refractivity contribution in [3.63, 3.8) is 0 Å². The summed E-state index contributed by atoms with van der Waals surface area (Å²) < 4.78 is 5.30. The summed E-state index contributed by atoms with van der Waals surface area (Å²) in [6.07, 6.45) is 5.39. The highest BCUT2D eigenvalue weighted by atomic mass is 16.5. The van der Waals surface area contributed by atoms with E-state index in [1.165, 1.54) is 17.5 Å². The van der Waals surface area contributed by atoms with Gasteiger partial charge in [0.2, 0.25) is 0 Å². The molecular formula is C16H23NO2. The Bertz CT molecular complexity index is 440. The van der Waals surface area contributed by atoms with E-state index in [4.69, 9.17) is 4.74 Å². The number of ether oxygens (including phenoxy) is 1. The lowest BCUT2D eigenvalue weighted by atomic mass is 9.81. The van der Waals surface area contributed by atoms with Crippen molar-refractivity contribution < 1.29 is 9.84 Å². The average Bonchev–Trinajstić information content (AvgIpc) is 2.41. The van der Waals surface area contributed by atoms with Crippen LogP contribution in [0.1, 0.15) is 30.4 Å². The number of hydrogen-bond acceptors (Lipinski definition) is 3. The van der Waals surface area contributed by atoms with E-state index >= 15 is 0 Å². The first-order valence-corrected chi connectivity index (χ1v) is 7.32. The Kier molecular flexibility index (Phi) is 3.76. The van der Waals surface area contributed by atoms with Gasteiger partial charge in [0, 0.05) is 6.04 Å². The molecule has 1 aromatic carbocycles. The third-order valence-electron chi connectivity index (χ3n) is 4.55. The summed E-state index contributed by atoms with van der Waals surface area (Å²) in [5.41, 5.74) is 2.90. The van der Waals surface area contributed by atoms with Crippen LogP contribution in [-0.2, 0) is 12.8 Å². The van der Waals surface area contributed by atoms with Gasteiger partial charge in [-0.3, -0.25) is 0 Å². The summed E-state index contributed by atoms with van der Waals surface area (Å²) in [5, 5.41) is 13.0. The third kappa shape index (κ3) is 2.93. The highest BCUT2D eigenvalue weighted by molar-refractivity contribution is 5.37. The number of rotatable bonds is 4. The van der Waals surface area contributed by atoms with Crippen LogP contribution < -0.4 is 10.1 Å². The maximum atomic E-state index is 9.30. The molecule has 0 bridgehead atoms. The fourth-order valence-corrected chi connectivity index (χ4v) is 3.24. The number of benzene rings is 1. The molecular weight excluding hydrogens is 238 g/mol. The van der Waals surface area contributed by atoms with Gasteiger partial charge in [-0.1, -0.05) is 6.07 Å². The molecule has 0 amide bonds. The van der Waals surface area contributed by atoms with E-state index in [-0.39, 0.29) is 6.10 Å². The van der Waals surface area contributed by atoms with Crippen molar-refractivity contribution in [2.75, 3.05) is 13.7 Å². The smallest absolute Gasteiger partial charge is 0.119 e. The van der Waals surface area contributed by atoms with E-state index in [2.05, 4.69) is 23.5 Å². The van der Waals surface area contributed by atoms with Crippen LogP contribution in [0.15, 0.2) is 18.2 Å². The minimum absolute atomic E-state index is 0.0388. The molecule has 1 saturated carbocycles. The number of fused-ring (bicyclic) bond motifs is 1. The monoisotopic (exact) mass is 261 g/mol. The second-order valence-electron chi connectivity index (χ2n) is 5.97. The van der Waals surface area contributed by atoms with E-state index in [0.717, 1.165) is 38.0 Å². The highest BCUT2D eigenvalue weighted by Crippen LogP contribution is 2.28. The number of hydrogen-bond donors (Lipinski definition) is 2. The number of aliphatic hydroxyl groups excluding tert-OH is 1. The zero-order valence-corrected chi connectivity index (χ0v) is 11.6. The van der Waals surface area contributed by atoms with E-state index < -0.39 is 0 Å². The van der Waals surface area contributed by atoms with Gasteiger partial charge in [-0.05, 0) is 67.8 Å². The predicted octanol–water partition coefficient (Wildman–Crippen LogP) is 1.91. The summed E-state index contributed by atoms with van der Waals surface area (Å²) in [6, 6.07) is 7.02. The van der Waals surface area contributed by atoms with E-state index in [1.807, 2.05) is 0 Å². The summed E-state index contributed by atoms with van der Waals surface area (Å²) in [5.74, 6) is 1.64. The fraction of sp³-hybridized carbons (Fsp3) is 0.625. The molecule has 1 aromatic rings. The molecule has 104 valence electrons. The molecule has 1 atom stereocenters. The quantitative estimate of drug-likeness (QED) is 0.870. The molecule has 2 aliphatic rings. The molecule has 0 spiro atoms. The second kappa shape index (κ2) is 5.51. The molecule has 3 nitrogen and oxygen atoms in total. The number of aryl methyl sites for hydroxylation is 1. The molecule has 3 rings (SSSR count). The van der Waals surface area contributed by atoms with Crippen LogP contribution in [0.3, 0.4) is 0 Å². The van der Waals surface area contributed by atoms with Crippen molar-refractivity contribution in [2.24, 2.45) is 5.92 Å². The minimum Gasteiger partial charge on any atom is -0.497 e. The lowest BCUT2D eigenvalue weighted by molar-refractivity contribution is 0.0416. The van der Waals surface area contributed by atoms with Gasteiger partial charge in [-0.25, -0.2) is 0 Å². The Morgan fingerprint density at radius 2 is 2.16 bits per heavy atom. The Morgan fingerprint density at radius 1 is 1.32 bits per heavy atom. The molecule has 0 aromatic heterocycles. The molecule has 0 saturated heterocycles. The fourth-order valence-electron chi connectivity index (χ4n) is 3.24. The Labute approximate surface area is 115 Å². The van der Waals surface area contributed by atoms with Crippen molar-refractivity contribution in [3.8, 4) is 5.75 Å². The molecule has 0 heterocycles. The van der Waals surface area contributed by atoms with Crippen LogP contribution in [0.4, 0.5) is 0 Å². The summed E-state index contributed by atoms with van der Waals surface area (Å²) in [6.45, 7) is 1.06. The van der Waals surface area contributed by atoms with Crippen LogP contribution in [0.2, 0.25) is 0 Å². The molecule has 3 heteroatoms. The Morgan fingerprint density at radius 3 is 2.89 bits per heavy atom. The van der Waals surface area contributed by atoms with Crippen LogP contribution >= 0.6 is 0 Å². The van der Waals surface area contributed by atoms with Gasteiger partial charge in [0.05, 0.1) is 13.2 Å². The van der Waals surface area contributed by atoms with Crippen molar-refractivity contribution in [1.82, 2.24) is 5.32 Å². The predicted molar refractivity (Wildman–Crippen MR) is 75.5 cm³/mol. The van der Waals surface area contributed by atoms with Crippen LogP contribution in [0, 0.1) is 5.92 Å². The first-order chi connectivity index (χ1) is 9.24. The topological polar surface area (TPSA) is 41.5 Å². The van der Waals surface area contributed by atoms with Gasteiger partial charge in [-0.2, -0.15) is 0 Å². The van der Waals surface area contributed by atoms with Gasteiger partial charge in [0.1, 0.15) is 5.75 Å². The van der Waals surface area contributed by atoms with Crippen LogP contribution in [0.5, 0.6) is 5.75 Å². The van der Waals surface area contributed by atoms with Crippen molar-refractivity contribution in [1.29, 1.82) is 0 Å². The van der Waals surface area contributed by atoms with E-state index in [1.54, 1.807) is 7.11 Å². The van der Waals surface area contributed by atoms with Gasteiger partial charge in [-0.15, -0.1) is 0 Å². The van der Waals surface area contributed by atoms with Crippen LogP contribution in [0.25, 0.3) is 0 Å². The minimum atomic E-state index is -0.0388. The lowest BCUT2D eigenvalue weighted by Gasteiger charge is -2.34. The zero-order chi connectivity index (χ0) is 13.2. The normalized spacial score (nSPS) is 29.5. The standard InChI is InChI=1S/C16H23NO2/c1-19-16-5-3-12-2-4-14(8-13(12)9-16)17-10-11-6-15(18)7-11/h3,5,9,11,14-15,17-18H,2,4,6-8,10H2,1H3. The molecule has 0 radical (unpaired) electrons. The zero-order valence-electron chi connectivity index (χ0n) is 11.6. The Balaban J connectivity index is 1.55. The van der Waals surface area contributed by atoms with Gasteiger partial charge < -0.3 is 15.2 Å². The van der Waals surface area contributed by atoms with Crippen molar-refractivity contribution in [2.45, 2.75) is 44.2 Å². The summed E-state index contributed by atoms with van der Waals surface area (Å²) in [4.78, 5) is 0. The van der Waals surface area contributed by atoms with E-state index in [0.29, 0.717) is 12.0 Å². The molecule has 1 unspecified atom stereocenters. The van der Waals surface area contributed by atoms with Crippen molar-refractivity contribution in [3.05, 3.63) is 29.3 Å². The largest absolute Gasteiger partial charge is 0.497 e. The Hall–Kier alpha value is -1.06. The molecule has 0 aliphatic heterocycles. The summed E-state index contributed by atoms with van der Waals surface area (Å²) in [7, 11) is 1.72. The lowest BCUT2D eigenvalue weighted by Crippen LogP contribution is -2.42. The van der Waals surface area contributed by atoms with Gasteiger partial charge in [0.15, 0.2) is 0 Å². The number of nitrogens with one attached hydrogen (secondary N) is 1. The maximum Gasteiger partial charge on any atom is 0.119 e. The van der Waals surface area contributed by atoms with Crippen LogP contribution in [-0.4, -0.2) is 30.9 Å². The number of aliphatic hydroxyl groups is 1. The molecule has 2 aliphatic carbocycles. The highest BCUT2D eigenvalue weighted by Gasteiger charge is 2.28. The van der Waals surface area contributed by atoms with Gasteiger partial charge >= 0.3 is 0 Å². The molecule has 2 N–H and O–H groups in total. The van der Waals surface area contributed by atoms with Crippen molar-refractivity contribution >= 4 is 0 Å². The average molecular weight is 261 g/mol. The van der Waals surface area contributed by atoms with Gasteiger partial charge in [0.25, 0.3) is 0 Å². The third-order valence-corrected chi connectivity index (χ3v) is 4.55. The van der Waals surface area contributed by atoms with E-state index in [9.17, 15) is 5.11 Å².